The molecule has 0 saturated heterocycles. The average molecular weight is 230 g/mol. The minimum atomic E-state index is -0.381. The lowest BCUT2D eigenvalue weighted by Crippen LogP contribution is -2.30. The van der Waals surface area contributed by atoms with Crippen molar-refractivity contribution in [1.29, 1.82) is 0 Å². The maximum absolute atomic E-state index is 10.9. The monoisotopic (exact) mass is 230 g/mol. The van der Waals surface area contributed by atoms with E-state index in [1.165, 1.54) is 0 Å². The van der Waals surface area contributed by atoms with Gasteiger partial charge >= 0.3 is 0 Å². The fourth-order valence-corrected chi connectivity index (χ4v) is 1.81. The molecule has 1 amide bonds. The number of aromatic nitrogens is 1. The highest BCUT2D eigenvalue weighted by Gasteiger charge is 2.10. The second kappa shape index (κ2) is 4.29. The molecule has 1 aromatic heterocycles. The van der Waals surface area contributed by atoms with Gasteiger partial charge in [-0.25, -0.2) is 0 Å². The van der Waals surface area contributed by atoms with E-state index in [0.29, 0.717) is 5.69 Å². The number of amides is 1. The molecule has 88 valence electrons. The van der Waals surface area contributed by atoms with Gasteiger partial charge in [-0.2, -0.15) is 0 Å². The predicted octanol–water partition coefficient (Wildman–Crippen LogP) is 0.738. The van der Waals surface area contributed by atoms with Gasteiger partial charge in [0.1, 0.15) is 0 Å². The van der Waals surface area contributed by atoms with Gasteiger partial charge in [-0.15, -0.1) is 0 Å². The van der Waals surface area contributed by atoms with Crippen molar-refractivity contribution in [3.63, 3.8) is 0 Å². The number of rotatable bonds is 3. The molecule has 0 aliphatic rings. The lowest BCUT2D eigenvalue weighted by molar-refractivity contribution is -0.116. The van der Waals surface area contributed by atoms with Crippen LogP contribution >= 0.6 is 0 Å². The standard InChI is InChI=1S/C12H14N4O/c1-16(7-11(14)17)10-5-4-9(13)8-3-2-6-15-12(8)10/h2-6H,7,13H2,1H3,(H2,14,17). The first-order valence-electron chi connectivity index (χ1n) is 5.22. The quantitative estimate of drug-likeness (QED) is 0.761. The number of nitrogens with two attached hydrogens (primary N) is 2. The zero-order valence-corrected chi connectivity index (χ0v) is 9.55. The summed E-state index contributed by atoms with van der Waals surface area (Å²) in [5, 5.41) is 0.876. The number of benzene rings is 1. The Morgan fingerprint density at radius 1 is 1.41 bits per heavy atom. The number of likely N-dealkylation sites (N-methyl/N-ethyl adjacent to an activating group) is 1. The second-order valence-corrected chi connectivity index (χ2v) is 3.90. The van der Waals surface area contributed by atoms with Crippen molar-refractivity contribution in [1.82, 2.24) is 4.98 Å². The normalized spacial score (nSPS) is 10.4. The summed E-state index contributed by atoms with van der Waals surface area (Å²) in [6.45, 7) is 0.148. The minimum Gasteiger partial charge on any atom is -0.398 e. The topological polar surface area (TPSA) is 85.2 Å². The van der Waals surface area contributed by atoms with E-state index in [0.717, 1.165) is 16.6 Å². The maximum atomic E-state index is 10.9. The van der Waals surface area contributed by atoms with Gasteiger partial charge in [0, 0.05) is 24.3 Å². The van der Waals surface area contributed by atoms with Crippen LogP contribution < -0.4 is 16.4 Å². The van der Waals surface area contributed by atoms with Crippen molar-refractivity contribution < 1.29 is 4.79 Å². The number of pyridine rings is 1. The van der Waals surface area contributed by atoms with Gasteiger partial charge in [-0.3, -0.25) is 9.78 Å². The molecule has 1 heterocycles. The number of carbonyl (C=O) groups is 1. The number of hydrogen-bond donors (Lipinski definition) is 2. The van der Waals surface area contributed by atoms with Crippen molar-refractivity contribution in [3.05, 3.63) is 30.5 Å². The SMILES string of the molecule is CN(CC(N)=O)c1ccc(N)c2cccnc12. The van der Waals surface area contributed by atoms with E-state index in [9.17, 15) is 4.79 Å². The number of primary amides is 1. The third-order valence-electron chi connectivity index (χ3n) is 2.59. The summed E-state index contributed by atoms with van der Waals surface area (Å²) in [4.78, 5) is 17.0. The molecule has 0 aliphatic heterocycles. The first-order valence-corrected chi connectivity index (χ1v) is 5.22. The largest absolute Gasteiger partial charge is 0.398 e. The molecule has 0 fully saturated rings. The molecule has 0 aliphatic carbocycles. The smallest absolute Gasteiger partial charge is 0.236 e. The van der Waals surface area contributed by atoms with Crippen LogP contribution in [-0.4, -0.2) is 24.5 Å². The van der Waals surface area contributed by atoms with E-state index >= 15 is 0 Å². The highest BCUT2D eigenvalue weighted by Crippen LogP contribution is 2.28. The summed E-state index contributed by atoms with van der Waals surface area (Å²) in [6.07, 6.45) is 1.70. The molecular formula is C12H14N4O. The molecule has 1 aromatic carbocycles. The molecular weight excluding hydrogens is 216 g/mol. The fourth-order valence-electron chi connectivity index (χ4n) is 1.81. The molecule has 0 unspecified atom stereocenters. The van der Waals surface area contributed by atoms with Crippen LogP contribution in [0, 0.1) is 0 Å². The van der Waals surface area contributed by atoms with E-state index in [1.807, 2.05) is 18.2 Å². The van der Waals surface area contributed by atoms with Gasteiger partial charge in [0.2, 0.25) is 5.91 Å². The van der Waals surface area contributed by atoms with Crippen molar-refractivity contribution >= 4 is 28.2 Å². The molecule has 0 bridgehead atoms. The van der Waals surface area contributed by atoms with Gasteiger partial charge in [-0.1, -0.05) is 0 Å². The second-order valence-electron chi connectivity index (χ2n) is 3.90. The predicted molar refractivity (Wildman–Crippen MR) is 68.6 cm³/mol. The number of nitrogen functional groups attached to an aromatic ring is 1. The summed E-state index contributed by atoms with van der Waals surface area (Å²) in [5.74, 6) is -0.381. The summed E-state index contributed by atoms with van der Waals surface area (Å²) in [5.41, 5.74) is 13.3. The Kier molecular flexibility index (Phi) is 2.82. The number of fused-ring (bicyclic) bond motifs is 1. The zero-order valence-electron chi connectivity index (χ0n) is 9.55. The molecule has 0 radical (unpaired) electrons. The molecule has 0 atom stereocenters. The van der Waals surface area contributed by atoms with Crippen LogP contribution in [0.1, 0.15) is 0 Å². The average Bonchev–Trinajstić information content (AvgIpc) is 2.29. The van der Waals surface area contributed by atoms with Crippen LogP contribution in [0.25, 0.3) is 10.9 Å². The van der Waals surface area contributed by atoms with Gasteiger partial charge in [-0.05, 0) is 24.3 Å². The Balaban J connectivity index is 2.55. The Hall–Kier alpha value is -2.30. The maximum Gasteiger partial charge on any atom is 0.236 e. The van der Waals surface area contributed by atoms with Gasteiger partial charge in [0.15, 0.2) is 0 Å². The third kappa shape index (κ3) is 2.13. The van der Waals surface area contributed by atoms with E-state index in [-0.39, 0.29) is 12.5 Å². The molecule has 0 saturated carbocycles. The van der Waals surface area contributed by atoms with Gasteiger partial charge < -0.3 is 16.4 Å². The first-order chi connectivity index (χ1) is 8.09. The summed E-state index contributed by atoms with van der Waals surface area (Å²) < 4.78 is 0. The van der Waals surface area contributed by atoms with Crippen molar-refractivity contribution in [2.75, 3.05) is 24.2 Å². The summed E-state index contributed by atoms with van der Waals surface area (Å²) in [6, 6.07) is 7.38. The number of carbonyl (C=O) groups excluding carboxylic acids is 1. The van der Waals surface area contributed by atoms with Crippen LogP contribution in [0.4, 0.5) is 11.4 Å². The first kappa shape index (κ1) is 11.2. The molecule has 2 rings (SSSR count). The lowest BCUT2D eigenvalue weighted by atomic mass is 10.1. The molecule has 0 spiro atoms. The third-order valence-corrected chi connectivity index (χ3v) is 2.59. The Morgan fingerprint density at radius 3 is 2.88 bits per heavy atom. The van der Waals surface area contributed by atoms with Crippen molar-refractivity contribution in [3.8, 4) is 0 Å². The molecule has 17 heavy (non-hydrogen) atoms. The Bertz CT molecular complexity index is 567. The Morgan fingerprint density at radius 2 is 2.18 bits per heavy atom. The van der Waals surface area contributed by atoms with Crippen LogP contribution in [0.3, 0.4) is 0 Å². The number of anilines is 2. The van der Waals surface area contributed by atoms with E-state index in [2.05, 4.69) is 4.98 Å². The van der Waals surface area contributed by atoms with Crippen LogP contribution in [0.2, 0.25) is 0 Å². The minimum absolute atomic E-state index is 0.148. The van der Waals surface area contributed by atoms with Crippen LogP contribution in [0.15, 0.2) is 30.5 Å². The number of hydrogen-bond acceptors (Lipinski definition) is 4. The van der Waals surface area contributed by atoms with Crippen LogP contribution in [-0.2, 0) is 4.79 Å². The van der Waals surface area contributed by atoms with Crippen molar-refractivity contribution in [2.24, 2.45) is 5.73 Å². The van der Waals surface area contributed by atoms with Gasteiger partial charge in [0.05, 0.1) is 17.7 Å². The van der Waals surface area contributed by atoms with E-state index in [4.69, 9.17) is 11.5 Å². The zero-order chi connectivity index (χ0) is 12.4. The van der Waals surface area contributed by atoms with E-state index in [1.54, 1.807) is 24.2 Å². The number of nitrogens with zero attached hydrogens (tertiary/aromatic N) is 2. The fraction of sp³-hybridized carbons (Fsp3) is 0.167. The molecule has 4 N–H and O–H groups in total. The summed E-state index contributed by atoms with van der Waals surface area (Å²) >= 11 is 0. The lowest BCUT2D eigenvalue weighted by Gasteiger charge is -2.19. The van der Waals surface area contributed by atoms with Gasteiger partial charge in [0.25, 0.3) is 0 Å². The molecule has 2 aromatic rings. The highest BCUT2D eigenvalue weighted by atomic mass is 16.1. The van der Waals surface area contributed by atoms with E-state index < -0.39 is 0 Å². The highest BCUT2D eigenvalue weighted by molar-refractivity contribution is 5.99. The summed E-state index contributed by atoms with van der Waals surface area (Å²) in [7, 11) is 1.80. The Labute approximate surface area is 99.0 Å². The molecule has 5 heteroatoms. The van der Waals surface area contributed by atoms with Crippen LogP contribution in [0.5, 0.6) is 0 Å². The van der Waals surface area contributed by atoms with Crippen molar-refractivity contribution in [2.45, 2.75) is 0 Å². The molecule has 5 nitrogen and oxygen atoms in total.